The molecule has 6 nitrogen and oxygen atoms in total. The Morgan fingerprint density at radius 2 is 1.65 bits per heavy atom. The van der Waals surface area contributed by atoms with E-state index in [1.54, 1.807) is 0 Å². The van der Waals surface area contributed by atoms with Crippen LogP contribution in [-0.2, 0) is 9.59 Å². The highest BCUT2D eigenvalue weighted by Gasteiger charge is 2.18. The van der Waals surface area contributed by atoms with Crippen molar-refractivity contribution in [2.24, 2.45) is 0 Å². The lowest BCUT2D eigenvalue weighted by Gasteiger charge is -2.17. The van der Waals surface area contributed by atoms with E-state index in [-0.39, 0.29) is 18.2 Å². The van der Waals surface area contributed by atoms with Crippen LogP contribution < -0.4 is 10.6 Å². The average Bonchev–Trinajstić information content (AvgIpc) is 3.10. The van der Waals surface area contributed by atoms with Crippen LogP contribution in [0, 0.1) is 0 Å². The molecule has 3 rings (SSSR count). The first-order chi connectivity index (χ1) is 12.6. The van der Waals surface area contributed by atoms with Crippen molar-refractivity contribution in [1.82, 2.24) is 15.5 Å². The molecule has 0 aliphatic heterocycles. The Balaban J connectivity index is 1.67. The Kier molecular flexibility index (Phi) is 5.70. The third-order valence-electron chi connectivity index (χ3n) is 3.66. The fourth-order valence-corrected chi connectivity index (χ4v) is 3.27. The van der Waals surface area contributed by atoms with Crippen molar-refractivity contribution in [3.8, 4) is 10.6 Å². The van der Waals surface area contributed by atoms with Crippen molar-refractivity contribution in [3.63, 3.8) is 0 Å². The van der Waals surface area contributed by atoms with Crippen LogP contribution in [0.2, 0.25) is 0 Å². The van der Waals surface area contributed by atoms with Gasteiger partial charge in [-0.3, -0.25) is 9.59 Å². The normalized spacial score (nSPS) is 11.6. The number of anilines is 1. The van der Waals surface area contributed by atoms with E-state index < -0.39 is 6.04 Å². The lowest BCUT2D eigenvalue weighted by atomic mass is 10.0. The Labute approximate surface area is 155 Å². The number of nitrogens with one attached hydrogen (secondary N) is 2. The summed E-state index contributed by atoms with van der Waals surface area (Å²) in [5.74, 6) is -0.419. The van der Waals surface area contributed by atoms with Crippen molar-refractivity contribution >= 4 is 28.3 Å². The maximum Gasteiger partial charge on any atom is 0.228 e. The summed E-state index contributed by atoms with van der Waals surface area (Å²) in [7, 11) is 0. The van der Waals surface area contributed by atoms with Crippen molar-refractivity contribution in [2.75, 3.05) is 5.32 Å². The zero-order valence-corrected chi connectivity index (χ0v) is 15.0. The van der Waals surface area contributed by atoms with Gasteiger partial charge in [-0.05, 0) is 5.56 Å². The number of nitrogens with zero attached hydrogens (tertiary/aromatic N) is 2. The molecule has 3 aromatic rings. The zero-order chi connectivity index (χ0) is 18.4. The third-order valence-corrected chi connectivity index (χ3v) is 4.55. The van der Waals surface area contributed by atoms with Gasteiger partial charge in [0.2, 0.25) is 16.9 Å². The van der Waals surface area contributed by atoms with Crippen LogP contribution in [0.25, 0.3) is 10.6 Å². The first-order valence-electron chi connectivity index (χ1n) is 8.12. The minimum atomic E-state index is -0.393. The Hall–Kier alpha value is -3.06. The zero-order valence-electron chi connectivity index (χ0n) is 14.2. The highest BCUT2D eigenvalue weighted by molar-refractivity contribution is 7.18. The molecule has 0 aliphatic carbocycles. The summed E-state index contributed by atoms with van der Waals surface area (Å²) in [5, 5.41) is 14.9. The Morgan fingerprint density at radius 3 is 2.31 bits per heavy atom. The number of rotatable bonds is 6. The van der Waals surface area contributed by atoms with Gasteiger partial charge in [-0.2, -0.15) is 0 Å². The number of aromatic nitrogens is 2. The lowest BCUT2D eigenvalue weighted by Crippen LogP contribution is -2.29. The van der Waals surface area contributed by atoms with Gasteiger partial charge in [0.1, 0.15) is 5.01 Å². The molecule has 132 valence electrons. The second-order valence-corrected chi connectivity index (χ2v) is 6.67. The van der Waals surface area contributed by atoms with E-state index in [1.807, 2.05) is 60.7 Å². The van der Waals surface area contributed by atoms with E-state index in [2.05, 4.69) is 20.8 Å². The van der Waals surface area contributed by atoms with Crippen molar-refractivity contribution in [2.45, 2.75) is 19.4 Å². The molecule has 0 spiro atoms. The number of hydrogen-bond donors (Lipinski definition) is 2. The summed E-state index contributed by atoms with van der Waals surface area (Å²) < 4.78 is 0. The molecule has 26 heavy (non-hydrogen) atoms. The summed E-state index contributed by atoms with van der Waals surface area (Å²) in [6.07, 6.45) is 0.115. The summed E-state index contributed by atoms with van der Waals surface area (Å²) in [5.41, 5.74) is 1.82. The maximum absolute atomic E-state index is 12.4. The van der Waals surface area contributed by atoms with Crippen LogP contribution >= 0.6 is 11.3 Å². The average molecular weight is 366 g/mol. The summed E-state index contributed by atoms with van der Waals surface area (Å²) >= 11 is 1.31. The van der Waals surface area contributed by atoms with E-state index in [0.29, 0.717) is 5.13 Å². The van der Waals surface area contributed by atoms with Crippen LogP contribution in [0.5, 0.6) is 0 Å². The van der Waals surface area contributed by atoms with Gasteiger partial charge in [-0.15, -0.1) is 10.2 Å². The van der Waals surface area contributed by atoms with Gasteiger partial charge in [-0.25, -0.2) is 0 Å². The molecule has 7 heteroatoms. The molecule has 0 fully saturated rings. The minimum Gasteiger partial charge on any atom is -0.349 e. The largest absolute Gasteiger partial charge is 0.349 e. The van der Waals surface area contributed by atoms with Gasteiger partial charge >= 0.3 is 0 Å². The molecule has 0 saturated heterocycles. The number of carbonyl (C=O) groups excluding carboxylic acids is 2. The second-order valence-electron chi connectivity index (χ2n) is 5.69. The highest BCUT2D eigenvalue weighted by atomic mass is 32.1. The van der Waals surface area contributed by atoms with Crippen molar-refractivity contribution < 1.29 is 9.59 Å². The Bertz CT molecular complexity index is 881. The van der Waals surface area contributed by atoms with Crippen molar-refractivity contribution in [3.05, 3.63) is 66.2 Å². The molecule has 0 radical (unpaired) electrons. The lowest BCUT2D eigenvalue weighted by molar-refractivity contribution is -0.120. The van der Waals surface area contributed by atoms with E-state index in [4.69, 9.17) is 0 Å². The highest BCUT2D eigenvalue weighted by Crippen LogP contribution is 2.26. The van der Waals surface area contributed by atoms with Crippen LogP contribution in [0.1, 0.15) is 24.9 Å². The van der Waals surface area contributed by atoms with E-state index in [0.717, 1.165) is 16.1 Å². The molecule has 2 aromatic carbocycles. The minimum absolute atomic E-state index is 0.115. The number of carbonyl (C=O) groups is 2. The second kappa shape index (κ2) is 8.35. The molecule has 0 saturated carbocycles. The molecule has 0 aliphatic rings. The molecule has 1 heterocycles. The summed E-state index contributed by atoms with van der Waals surface area (Å²) in [6.45, 7) is 1.44. The van der Waals surface area contributed by atoms with Crippen LogP contribution in [0.3, 0.4) is 0 Å². The number of hydrogen-bond acceptors (Lipinski definition) is 5. The monoisotopic (exact) mass is 366 g/mol. The predicted molar refractivity (Wildman–Crippen MR) is 102 cm³/mol. The van der Waals surface area contributed by atoms with E-state index >= 15 is 0 Å². The quantitative estimate of drug-likeness (QED) is 0.700. The van der Waals surface area contributed by atoms with Gasteiger partial charge in [0, 0.05) is 12.5 Å². The van der Waals surface area contributed by atoms with Crippen LogP contribution in [0.15, 0.2) is 60.7 Å². The van der Waals surface area contributed by atoms with E-state index in [1.165, 1.54) is 18.3 Å². The Morgan fingerprint density at radius 1 is 1.00 bits per heavy atom. The third kappa shape index (κ3) is 4.73. The number of benzene rings is 2. The fourth-order valence-electron chi connectivity index (χ4n) is 2.51. The van der Waals surface area contributed by atoms with Gasteiger partial charge in [0.05, 0.1) is 12.5 Å². The van der Waals surface area contributed by atoms with Gasteiger partial charge in [0.25, 0.3) is 0 Å². The summed E-state index contributed by atoms with van der Waals surface area (Å²) in [6, 6.07) is 18.7. The van der Waals surface area contributed by atoms with E-state index in [9.17, 15) is 9.59 Å². The summed E-state index contributed by atoms with van der Waals surface area (Å²) in [4.78, 5) is 23.9. The molecular weight excluding hydrogens is 348 g/mol. The number of amides is 2. The molecule has 0 bridgehead atoms. The van der Waals surface area contributed by atoms with Gasteiger partial charge < -0.3 is 10.6 Å². The fraction of sp³-hybridized carbons (Fsp3) is 0.158. The molecule has 1 atom stereocenters. The maximum atomic E-state index is 12.4. The van der Waals surface area contributed by atoms with Crippen LogP contribution in [-0.4, -0.2) is 22.0 Å². The van der Waals surface area contributed by atoms with Gasteiger partial charge in [-0.1, -0.05) is 72.0 Å². The predicted octanol–water partition coefficient (Wildman–Crippen LogP) is 3.41. The van der Waals surface area contributed by atoms with Crippen LogP contribution in [0.4, 0.5) is 5.13 Å². The van der Waals surface area contributed by atoms with Crippen molar-refractivity contribution in [1.29, 1.82) is 0 Å². The topological polar surface area (TPSA) is 84.0 Å². The van der Waals surface area contributed by atoms with Gasteiger partial charge in [0.15, 0.2) is 0 Å². The first kappa shape index (κ1) is 17.8. The first-order valence-corrected chi connectivity index (χ1v) is 8.94. The SMILES string of the molecule is CC(=O)NC(CC(=O)Nc1nnc(-c2ccccc2)s1)c1ccccc1. The molecule has 1 aromatic heterocycles. The standard InChI is InChI=1S/C19H18N4O2S/c1-13(24)20-16(14-8-4-2-5-9-14)12-17(25)21-19-23-22-18(26-19)15-10-6-3-7-11-15/h2-11,16H,12H2,1H3,(H,20,24)(H,21,23,25). The molecule has 2 N–H and O–H groups in total. The molecule has 1 unspecified atom stereocenters. The molecule has 2 amide bonds. The molecular formula is C19H18N4O2S. The smallest absolute Gasteiger partial charge is 0.228 e.